The van der Waals surface area contributed by atoms with Crippen LogP contribution in [0.5, 0.6) is 5.75 Å². The van der Waals surface area contributed by atoms with Gasteiger partial charge in [0.1, 0.15) is 5.82 Å². The number of halogens is 1. The van der Waals surface area contributed by atoms with Crippen molar-refractivity contribution in [3.05, 3.63) is 88.0 Å². The number of carbonyl (C=O) groups is 1. The number of amidine groups is 1. The molecule has 0 fully saturated rings. The van der Waals surface area contributed by atoms with Gasteiger partial charge in [0.05, 0.1) is 4.92 Å². The van der Waals surface area contributed by atoms with E-state index in [1.807, 2.05) is 0 Å². The minimum Gasteiger partial charge on any atom is -0.464 e. The number of oxime groups is 1. The Kier molecular flexibility index (Phi) is 5.78. The van der Waals surface area contributed by atoms with Crippen LogP contribution >= 0.6 is 0 Å². The number of hydrogen-bond acceptors (Lipinski definition) is 7. The molecule has 0 spiro atoms. The quantitative estimate of drug-likeness (QED) is 0.212. The van der Waals surface area contributed by atoms with Crippen molar-refractivity contribution in [1.29, 1.82) is 0 Å². The second-order valence-electron chi connectivity index (χ2n) is 5.60. The van der Waals surface area contributed by atoms with Crippen molar-refractivity contribution in [3.8, 4) is 5.75 Å². The van der Waals surface area contributed by atoms with Gasteiger partial charge in [0.2, 0.25) is 0 Å². The van der Waals surface area contributed by atoms with Crippen molar-refractivity contribution in [2.75, 3.05) is 0 Å². The van der Waals surface area contributed by atoms with Gasteiger partial charge in [0.25, 0.3) is 0 Å². The Bertz CT molecular complexity index is 1060. The molecule has 1 aromatic heterocycles. The number of rotatable bonds is 7. The van der Waals surface area contributed by atoms with Crippen LogP contribution in [0.25, 0.3) is 0 Å². The van der Waals surface area contributed by atoms with Crippen LogP contribution in [0.4, 0.5) is 10.1 Å². The van der Waals surface area contributed by atoms with Gasteiger partial charge in [0, 0.05) is 17.8 Å². The fourth-order valence-corrected chi connectivity index (χ4v) is 2.22. The number of para-hydroxylation sites is 2. The standard InChI is InChI=1S/C18H14FN5O5/c19-13-7-5-12(6-8-13)17(20)22-29-18(25)14-9-10-23(21-14)11-28-16-4-2-1-3-15(16)24(26)27/h1-10H,11H2,(H2,20,22). The maximum atomic E-state index is 12.9. The fourth-order valence-electron chi connectivity index (χ4n) is 2.22. The first kappa shape index (κ1) is 19.5. The second-order valence-corrected chi connectivity index (χ2v) is 5.60. The lowest BCUT2D eigenvalue weighted by Crippen LogP contribution is -2.15. The minimum absolute atomic E-state index is 0.0637. The van der Waals surface area contributed by atoms with Gasteiger partial charge >= 0.3 is 11.7 Å². The van der Waals surface area contributed by atoms with Gasteiger partial charge in [-0.1, -0.05) is 17.3 Å². The van der Waals surface area contributed by atoms with Crippen LogP contribution in [0.1, 0.15) is 16.1 Å². The van der Waals surface area contributed by atoms with Crippen molar-refractivity contribution >= 4 is 17.5 Å². The lowest BCUT2D eigenvalue weighted by Gasteiger charge is -2.06. The summed E-state index contributed by atoms with van der Waals surface area (Å²) in [5.41, 5.74) is 5.79. The lowest BCUT2D eigenvalue weighted by atomic mass is 10.2. The van der Waals surface area contributed by atoms with Gasteiger partial charge in [-0.05, 0) is 36.4 Å². The Morgan fingerprint density at radius 2 is 1.93 bits per heavy atom. The van der Waals surface area contributed by atoms with Crippen LogP contribution in [0.2, 0.25) is 0 Å². The van der Waals surface area contributed by atoms with Gasteiger partial charge in [-0.15, -0.1) is 0 Å². The predicted molar refractivity (Wildman–Crippen MR) is 98.5 cm³/mol. The average Bonchev–Trinajstić information content (AvgIpc) is 3.20. The molecule has 3 aromatic rings. The number of carbonyl (C=O) groups excluding carboxylic acids is 1. The minimum atomic E-state index is -0.875. The van der Waals surface area contributed by atoms with E-state index in [9.17, 15) is 19.3 Å². The first-order valence-corrected chi connectivity index (χ1v) is 8.14. The topological polar surface area (TPSA) is 135 Å². The summed E-state index contributed by atoms with van der Waals surface area (Å²) in [5.74, 6) is -1.36. The predicted octanol–water partition coefficient (Wildman–Crippen LogP) is 2.44. The third-order valence-electron chi connectivity index (χ3n) is 3.63. The highest BCUT2D eigenvalue weighted by molar-refractivity contribution is 5.97. The summed E-state index contributed by atoms with van der Waals surface area (Å²) in [6, 6.07) is 12.4. The number of nitro benzene ring substituents is 1. The number of nitro groups is 1. The number of ether oxygens (including phenoxy) is 1. The average molecular weight is 399 g/mol. The molecule has 1 heterocycles. The number of nitrogens with two attached hydrogens (primary N) is 1. The van der Waals surface area contributed by atoms with Crippen LogP contribution in [-0.2, 0) is 11.6 Å². The lowest BCUT2D eigenvalue weighted by molar-refractivity contribution is -0.386. The molecule has 0 aliphatic rings. The zero-order chi connectivity index (χ0) is 20.8. The molecular formula is C18H14FN5O5. The fraction of sp³-hybridized carbons (Fsp3) is 0.0556. The first-order chi connectivity index (χ1) is 13.9. The van der Waals surface area contributed by atoms with Crippen molar-refractivity contribution in [2.24, 2.45) is 10.9 Å². The molecule has 0 aliphatic carbocycles. The summed E-state index contributed by atoms with van der Waals surface area (Å²) in [5, 5.41) is 18.4. The van der Waals surface area contributed by atoms with Crippen molar-refractivity contribution in [2.45, 2.75) is 6.73 Å². The Hall–Kier alpha value is -4.28. The van der Waals surface area contributed by atoms with E-state index in [-0.39, 0.29) is 29.7 Å². The summed E-state index contributed by atoms with van der Waals surface area (Å²) in [6.07, 6.45) is 1.43. The van der Waals surface area contributed by atoms with Crippen LogP contribution in [0.3, 0.4) is 0 Å². The Labute approximate surface area is 163 Å². The van der Waals surface area contributed by atoms with Crippen molar-refractivity contribution in [1.82, 2.24) is 9.78 Å². The monoisotopic (exact) mass is 399 g/mol. The normalized spacial score (nSPS) is 11.1. The van der Waals surface area contributed by atoms with E-state index in [1.54, 1.807) is 6.07 Å². The summed E-state index contributed by atoms with van der Waals surface area (Å²) in [4.78, 5) is 27.1. The molecule has 0 saturated heterocycles. The van der Waals surface area contributed by atoms with Crippen molar-refractivity contribution < 1.29 is 23.7 Å². The smallest absolute Gasteiger partial charge is 0.385 e. The zero-order valence-electron chi connectivity index (χ0n) is 14.8. The highest BCUT2D eigenvalue weighted by Crippen LogP contribution is 2.25. The van der Waals surface area contributed by atoms with Crippen LogP contribution in [0.15, 0.2) is 65.9 Å². The van der Waals surface area contributed by atoms with E-state index < -0.39 is 16.7 Å². The van der Waals surface area contributed by atoms with E-state index in [1.165, 1.54) is 59.4 Å². The summed E-state index contributed by atoms with van der Waals surface area (Å²) < 4.78 is 19.5. The molecule has 0 bridgehead atoms. The molecular weight excluding hydrogens is 385 g/mol. The molecule has 2 aromatic carbocycles. The Balaban J connectivity index is 1.61. The molecule has 0 atom stereocenters. The SMILES string of the molecule is N/C(=N\OC(=O)c1ccn(COc2ccccc2[N+](=O)[O-])n1)c1ccc(F)cc1. The molecule has 11 heteroatoms. The van der Waals surface area contributed by atoms with E-state index in [0.717, 1.165) is 0 Å². The number of nitrogens with zero attached hydrogens (tertiary/aromatic N) is 4. The van der Waals surface area contributed by atoms with Gasteiger partial charge in [-0.2, -0.15) is 5.10 Å². The van der Waals surface area contributed by atoms with Crippen molar-refractivity contribution in [3.63, 3.8) is 0 Å². The van der Waals surface area contributed by atoms with Crippen LogP contribution in [-0.4, -0.2) is 26.5 Å². The summed E-state index contributed by atoms with van der Waals surface area (Å²) in [6.45, 7) is -0.168. The molecule has 0 saturated carbocycles. The maximum Gasteiger partial charge on any atom is 0.385 e. The van der Waals surface area contributed by atoms with Gasteiger partial charge < -0.3 is 15.3 Å². The summed E-state index contributed by atoms with van der Waals surface area (Å²) >= 11 is 0. The van der Waals surface area contributed by atoms with Crippen LogP contribution in [0, 0.1) is 15.9 Å². The molecule has 10 nitrogen and oxygen atoms in total. The molecule has 0 radical (unpaired) electrons. The highest BCUT2D eigenvalue weighted by Gasteiger charge is 2.15. The molecule has 148 valence electrons. The number of hydrogen-bond donors (Lipinski definition) is 1. The molecule has 0 unspecified atom stereocenters. The molecule has 29 heavy (non-hydrogen) atoms. The van der Waals surface area contributed by atoms with E-state index >= 15 is 0 Å². The zero-order valence-corrected chi connectivity index (χ0v) is 14.8. The second kappa shape index (κ2) is 8.61. The Morgan fingerprint density at radius 3 is 2.66 bits per heavy atom. The van der Waals surface area contributed by atoms with Gasteiger partial charge in [-0.25, -0.2) is 13.9 Å². The van der Waals surface area contributed by atoms with Crippen LogP contribution < -0.4 is 10.5 Å². The maximum absolute atomic E-state index is 12.9. The largest absolute Gasteiger partial charge is 0.464 e. The molecule has 3 rings (SSSR count). The van der Waals surface area contributed by atoms with E-state index in [2.05, 4.69) is 10.3 Å². The molecule has 2 N–H and O–H groups in total. The summed E-state index contributed by atoms with van der Waals surface area (Å²) in [7, 11) is 0. The number of benzene rings is 2. The first-order valence-electron chi connectivity index (χ1n) is 8.14. The van der Waals surface area contributed by atoms with E-state index in [0.29, 0.717) is 5.56 Å². The highest BCUT2D eigenvalue weighted by atomic mass is 19.1. The third-order valence-corrected chi connectivity index (χ3v) is 3.63. The van der Waals surface area contributed by atoms with E-state index in [4.69, 9.17) is 15.3 Å². The Morgan fingerprint density at radius 1 is 1.21 bits per heavy atom. The molecule has 0 aliphatic heterocycles. The van der Waals surface area contributed by atoms with Gasteiger partial charge in [0.15, 0.2) is 24.0 Å². The van der Waals surface area contributed by atoms with Gasteiger partial charge in [-0.3, -0.25) is 10.1 Å². The number of aromatic nitrogens is 2. The third kappa shape index (κ3) is 4.91. The molecule has 0 amide bonds.